The van der Waals surface area contributed by atoms with Crippen LogP contribution >= 0.6 is 11.8 Å². The lowest BCUT2D eigenvalue weighted by atomic mass is 9.88. The van der Waals surface area contributed by atoms with E-state index in [1.165, 1.54) is 21.6 Å². The molecule has 7 heteroatoms. The van der Waals surface area contributed by atoms with Gasteiger partial charge in [-0.15, -0.1) is 11.8 Å². The maximum absolute atomic E-state index is 11.9. The zero-order valence-corrected chi connectivity index (χ0v) is 27.6. The highest BCUT2D eigenvalue weighted by Crippen LogP contribution is 2.38. The molecule has 0 saturated heterocycles. The second-order valence-corrected chi connectivity index (χ2v) is 12.2. The van der Waals surface area contributed by atoms with Gasteiger partial charge >= 0.3 is 0 Å². The van der Waals surface area contributed by atoms with E-state index in [4.69, 9.17) is 9.47 Å². The van der Waals surface area contributed by atoms with Crippen LogP contribution in [0.15, 0.2) is 120 Å². The molecule has 5 rings (SSSR count). The molecule has 0 aliphatic carbocycles. The predicted octanol–water partition coefficient (Wildman–Crippen LogP) is 10.3. The van der Waals surface area contributed by atoms with Gasteiger partial charge in [0.1, 0.15) is 17.6 Å². The molecule has 46 heavy (non-hydrogen) atoms. The summed E-state index contributed by atoms with van der Waals surface area (Å²) in [5, 5.41) is 11.9. The van der Waals surface area contributed by atoms with Gasteiger partial charge in [-0.05, 0) is 90.1 Å². The molecular formula is C39H40N2O4S. The van der Waals surface area contributed by atoms with Gasteiger partial charge in [0.2, 0.25) is 0 Å². The van der Waals surface area contributed by atoms with Crippen molar-refractivity contribution in [3.05, 3.63) is 153 Å². The second-order valence-electron chi connectivity index (χ2n) is 11.0. The summed E-state index contributed by atoms with van der Waals surface area (Å²) in [5.74, 6) is 2.26. The van der Waals surface area contributed by atoms with E-state index in [9.17, 15) is 10.1 Å². The van der Waals surface area contributed by atoms with Crippen molar-refractivity contribution in [2.45, 2.75) is 51.2 Å². The van der Waals surface area contributed by atoms with E-state index in [0.29, 0.717) is 23.5 Å². The summed E-state index contributed by atoms with van der Waals surface area (Å²) in [6.45, 7) is 6.94. The molecule has 5 aromatic rings. The molecule has 1 heterocycles. The van der Waals surface area contributed by atoms with Gasteiger partial charge < -0.3 is 14.0 Å². The Kier molecular flexibility index (Phi) is 11.0. The lowest BCUT2D eigenvalue weighted by Crippen LogP contribution is -2.08. The Labute approximate surface area is 275 Å². The Bertz CT molecular complexity index is 1760. The summed E-state index contributed by atoms with van der Waals surface area (Å²) in [6, 6.07) is 34.8. The summed E-state index contributed by atoms with van der Waals surface area (Å²) >= 11 is 1.85. The standard InChI is InChI=1S/C39H40N2O4S/c1-5-29-26-37(41(42)43)36(27-38(29)44-4)28(3)45-33-18-14-31(15-19-33)39(35(6-2)30-12-8-7-9-13-30)32-16-20-34(21-17-32)46-25-24-40-22-10-11-23-40/h7-23,26-28H,5-6,24-25H2,1-4H3/b39-35-. The van der Waals surface area contributed by atoms with Crippen molar-refractivity contribution in [1.82, 2.24) is 4.57 Å². The van der Waals surface area contributed by atoms with Crippen LogP contribution in [-0.4, -0.2) is 22.4 Å². The molecule has 0 aliphatic rings. The Morgan fingerprint density at radius 2 is 1.52 bits per heavy atom. The minimum absolute atomic E-state index is 0.0359. The number of aromatic nitrogens is 1. The van der Waals surface area contributed by atoms with Gasteiger partial charge in [-0.1, -0.05) is 68.4 Å². The third-order valence-corrected chi connectivity index (χ3v) is 9.10. The van der Waals surface area contributed by atoms with Crippen molar-refractivity contribution in [3.63, 3.8) is 0 Å². The molecule has 0 amide bonds. The normalized spacial score (nSPS) is 12.3. The van der Waals surface area contributed by atoms with Crippen LogP contribution in [0.25, 0.3) is 11.1 Å². The number of allylic oxidation sites excluding steroid dienone is 1. The van der Waals surface area contributed by atoms with Crippen molar-refractivity contribution in [1.29, 1.82) is 0 Å². The number of ether oxygens (including phenoxy) is 2. The van der Waals surface area contributed by atoms with E-state index < -0.39 is 6.10 Å². The lowest BCUT2D eigenvalue weighted by Gasteiger charge is -2.19. The number of aryl methyl sites for hydroxylation is 2. The third kappa shape index (κ3) is 7.72. The van der Waals surface area contributed by atoms with Crippen LogP contribution in [0.4, 0.5) is 5.69 Å². The van der Waals surface area contributed by atoms with Crippen molar-refractivity contribution >= 4 is 28.6 Å². The Morgan fingerprint density at radius 1 is 0.870 bits per heavy atom. The second kappa shape index (κ2) is 15.5. The largest absolute Gasteiger partial charge is 0.496 e. The molecule has 4 aromatic carbocycles. The van der Waals surface area contributed by atoms with Gasteiger partial charge in [-0.25, -0.2) is 0 Å². The average Bonchev–Trinajstić information content (AvgIpc) is 3.61. The van der Waals surface area contributed by atoms with Gasteiger partial charge in [0.25, 0.3) is 5.69 Å². The smallest absolute Gasteiger partial charge is 0.276 e. The minimum Gasteiger partial charge on any atom is -0.496 e. The molecule has 0 bridgehead atoms. The van der Waals surface area contributed by atoms with Crippen LogP contribution < -0.4 is 9.47 Å². The van der Waals surface area contributed by atoms with E-state index >= 15 is 0 Å². The first-order valence-corrected chi connectivity index (χ1v) is 16.6. The van der Waals surface area contributed by atoms with E-state index in [-0.39, 0.29) is 10.6 Å². The van der Waals surface area contributed by atoms with Crippen molar-refractivity contribution in [3.8, 4) is 11.5 Å². The van der Waals surface area contributed by atoms with Crippen LogP contribution in [0.5, 0.6) is 11.5 Å². The van der Waals surface area contributed by atoms with Gasteiger partial charge in [0, 0.05) is 41.2 Å². The molecule has 236 valence electrons. The maximum atomic E-state index is 11.9. The molecule has 1 aromatic heterocycles. The SMILES string of the molecule is CC/C(=C(\c1ccc(OC(C)c2cc(OC)c(CC)cc2[N+](=O)[O-])cc1)c1ccc(SCCn2cccc2)cc1)c1ccccc1. The summed E-state index contributed by atoms with van der Waals surface area (Å²) in [4.78, 5) is 12.8. The number of nitrogens with zero attached hydrogens (tertiary/aromatic N) is 2. The van der Waals surface area contributed by atoms with Crippen LogP contribution in [0.2, 0.25) is 0 Å². The Morgan fingerprint density at radius 3 is 2.11 bits per heavy atom. The fourth-order valence-electron chi connectivity index (χ4n) is 5.73. The Hall–Kier alpha value is -4.75. The minimum atomic E-state index is -0.556. The summed E-state index contributed by atoms with van der Waals surface area (Å²) < 4.78 is 14.0. The summed E-state index contributed by atoms with van der Waals surface area (Å²) in [7, 11) is 1.58. The van der Waals surface area contributed by atoms with Gasteiger partial charge in [-0.3, -0.25) is 10.1 Å². The predicted molar refractivity (Wildman–Crippen MR) is 189 cm³/mol. The van der Waals surface area contributed by atoms with Crippen LogP contribution in [0.3, 0.4) is 0 Å². The number of nitro groups is 1. The van der Waals surface area contributed by atoms with Crippen molar-refractivity contribution in [2.24, 2.45) is 0 Å². The molecule has 1 unspecified atom stereocenters. The molecule has 0 radical (unpaired) electrons. The number of methoxy groups -OCH3 is 1. The fourth-order valence-corrected chi connectivity index (χ4v) is 6.60. The molecule has 0 fully saturated rings. The highest BCUT2D eigenvalue weighted by molar-refractivity contribution is 7.99. The van der Waals surface area contributed by atoms with E-state index in [2.05, 4.69) is 96.7 Å². The lowest BCUT2D eigenvalue weighted by molar-refractivity contribution is -0.386. The molecule has 0 spiro atoms. The number of rotatable bonds is 14. The highest BCUT2D eigenvalue weighted by atomic mass is 32.2. The third-order valence-electron chi connectivity index (χ3n) is 8.11. The van der Waals surface area contributed by atoms with E-state index in [1.54, 1.807) is 19.2 Å². The first-order valence-electron chi connectivity index (χ1n) is 15.7. The first-order chi connectivity index (χ1) is 22.4. The first kappa shape index (κ1) is 32.6. The number of thioether (sulfide) groups is 1. The van der Waals surface area contributed by atoms with Crippen LogP contribution in [0, 0.1) is 10.1 Å². The molecule has 6 nitrogen and oxygen atoms in total. The number of hydrogen-bond acceptors (Lipinski definition) is 5. The average molecular weight is 633 g/mol. The highest BCUT2D eigenvalue weighted by Gasteiger charge is 2.24. The molecule has 0 aliphatic heterocycles. The quantitative estimate of drug-likeness (QED) is 0.0527. The topological polar surface area (TPSA) is 66.5 Å². The number of nitro benzene ring substituents is 1. The maximum Gasteiger partial charge on any atom is 0.276 e. The van der Waals surface area contributed by atoms with Crippen molar-refractivity contribution in [2.75, 3.05) is 12.9 Å². The van der Waals surface area contributed by atoms with E-state index in [1.807, 2.05) is 43.8 Å². The molecular weight excluding hydrogens is 593 g/mol. The van der Waals surface area contributed by atoms with Crippen molar-refractivity contribution < 1.29 is 14.4 Å². The zero-order chi connectivity index (χ0) is 32.5. The Balaban J connectivity index is 1.43. The van der Waals surface area contributed by atoms with E-state index in [0.717, 1.165) is 35.4 Å². The fraction of sp³-hybridized carbons (Fsp3) is 0.231. The molecule has 0 N–H and O–H groups in total. The van der Waals surface area contributed by atoms with Crippen LogP contribution in [0.1, 0.15) is 61.1 Å². The zero-order valence-electron chi connectivity index (χ0n) is 26.8. The summed E-state index contributed by atoms with van der Waals surface area (Å²) in [6.07, 6.45) is 5.13. The number of benzene rings is 4. The number of hydrogen-bond donors (Lipinski definition) is 0. The summed E-state index contributed by atoms with van der Waals surface area (Å²) in [5.41, 5.74) is 7.16. The van der Waals surface area contributed by atoms with Crippen LogP contribution in [-0.2, 0) is 13.0 Å². The molecule has 1 atom stereocenters. The van der Waals surface area contributed by atoms with Gasteiger partial charge in [0.05, 0.1) is 17.6 Å². The monoisotopic (exact) mass is 632 g/mol. The van der Waals surface area contributed by atoms with Gasteiger partial charge in [-0.2, -0.15) is 0 Å². The molecule has 0 saturated carbocycles. The van der Waals surface area contributed by atoms with Gasteiger partial charge in [0.15, 0.2) is 0 Å².